The van der Waals surface area contributed by atoms with E-state index in [0.29, 0.717) is 25.3 Å². The van der Waals surface area contributed by atoms with E-state index in [1.165, 1.54) is 7.11 Å². The molecule has 5 nitrogen and oxygen atoms in total. The minimum absolute atomic E-state index is 0.212. The Balaban J connectivity index is 1.55. The van der Waals surface area contributed by atoms with E-state index >= 15 is 0 Å². The molecule has 0 amide bonds. The summed E-state index contributed by atoms with van der Waals surface area (Å²) in [4.78, 5) is 16.4. The van der Waals surface area contributed by atoms with Crippen molar-refractivity contribution >= 4 is 5.97 Å². The maximum absolute atomic E-state index is 11.8. The first kappa shape index (κ1) is 20.6. The van der Waals surface area contributed by atoms with Crippen LogP contribution >= 0.6 is 0 Å². The van der Waals surface area contributed by atoms with Gasteiger partial charge in [0.15, 0.2) is 0 Å². The third-order valence-electron chi connectivity index (χ3n) is 4.83. The standard InChI is InChI=1S/C24H27NO4/c1-17-21(25-22(29-17)19-8-6-5-7-9-19)14-15-28-20-12-10-18(11-13-20)16-24(2,3)23(26)27-4/h5-13H,14-16H2,1-4H3. The first-order valence-electron chi connectivity index (χ1n) is 9.71. The summed E-state index contributed by atoms with van der Waals surface area (Å²) in [7, 11) is 1.42. The minimum atomic E-state index is -0.557. The Morgan fingerprint density at radius 3 is 2.41 bits per heavy atom. The molecular formula is C24H27NO4. The predicted molar refractivity (Wildman–Crippen MR) is 112 cm³/mol. The molecule has 3 rings (SSSR count). The number of methoxy groups -OCH3 is 1. The molecule has 29 heavy (non-hydrogen) atoms. The Kier molecular flexibility index (Phi) is 6.37. The quantitative estimate of drug-likeness (QED) is 0.503. The summed E-state index contributed by atoms with van der Waals surface area (Å²) in [5.41, 5.74) is 2.37. The second-order valence-electron chi connectivity index (χ2n) is 7.68. The smallest absolute Gasteiger partial charge is 0.311 e. The van der Waals surface area contributed by atoms with Crippen molar-refractivity contribution in [1.82, 2.24) is 4.98 Å². The van der Waals surface area contributed by atoms with Crippen LogP contribution in [0.5, 0.6) is 5.75 Å². The van der Waals surface area contributed by atoms with E-state index in [0.717, 1.165) is 28.3 Å². The van der Waals surface area contributed by atoms with Crippen LogP contribution in [0.4, 0.5) is 0 Å². The molecule has 0 radical (unpaired) electrons. The van der Waals surface area contributed by atoms with Crippen molar-refractivity contribution in [2.45, 2.75) is 33.6 Å². The van der Waals surface area contributed by atoms with Gasteiger partial charge in [-0.15, -0.1) is 0 Å². The third kappa shape index (κ3) is 5.25. The van der Waals surface area contributed by atoms with E-state index in [9.17, 15) is 4.79 Å². The van der Waals surface area contributed by atoms with Crippen LogP contribution in [0.15, 0.2) is 59.0 Å². The van der Waals surface area contributed by atoms with Gasteiger partial charge in [0, 0.05) is 12.0 Å². The summed E-state index contributed by atoms with van der Waals surface area (Å²) in [6.45, 7) is 6.20. The Bertz CT molecular complexity index is 943. The average Bonchev–Trinajstić information content (AvgIpc) is 3.09. The number of benzene rings is 2. The van der Waals surface area contributed by atoms with Crippen LogP contribution in [0.2, 0.25) is 0 Å². The van der Waals surface area contributed by atoms with Crippen LogP contribution in [-0.2, 0) is 22.4 Å². The van der Waals surface area contributed by atoms with Gasteiger partial charge < -0.3 is 13.9 Å². The number of ether oxygens (including phenoxy) is 2. The molecule has 1 heterocycles. The number of aromatic nitrogens is 1. The monoisotopic (exact) mass is 393 g/mol. The zero-order valence-electron chi connectivity index (χ0n) is 17.4. The van der Waals surface area contributed by atoms with Gasteiger partial charge in [-0.05, 0) is 57.0 Å². The lowest BCUT2D eigenvalue weighted by atomic mass is 9.86. The lowest BCUT2D eigenvalue weighted by Crippen LogP contribution is -2.27. The average molecular weight is 393 g/mol. The van der Waals surface area contributed by atoms with Gasteiger partial charge in [0.2, 0.25) is 5.89 Å². The van der Waals surface area contributed by atoms with Crippen LogP contribution in [0.3, 0.4) is 0 Å². The number of carbonyl (C=O) groups is 1. The van der Waals surface area contributed by atoms with Crippen LogP contribution in [0.25, 0.3) is 11.5 Å². The zero-order valence-corrected chi connectivity index (χ0v) is 17.4. The van der Waals surface area contributed by atoms with Gasteiger partial charge >= 0.3 is 5.97 Å². The summed E-state index contributed by atoms with van der Waals surface area (Å²) in [6.07, 6.45) is 1.28. The maximum atomic E-state index is 11.8. The van der Waals surface area contributed by atoms with Gasteiger partial charge in [0.05, 0.1) is 24.8 Å². The molecule has 0 spiro atoms. The first-order chi connectivity index (χ1) is 13.9. The molecule has 0 aliphatic heterocycles. The van der Waals surface area contributed by atoms with Gasteiger partial charge in [-0.25, -0.2) is 4.98 Å². The molecule has 2 aromatic carbocycles. The van der Waals surface area contributed by atoms with Crippen molar-refractivity contribution in [3.05, 3.63) is 71.6 Å². The number of carbonyl (C=O) groups excluding carboxylic acids is 1. The van der Waals surface area contributed by atoms with Gasteiger partial charge in [-0.2, -0.15) is 0 Å². The predicted octanol–water partition coefficient (Wildman–Crippen LogP) is 5.01. The van der Waals surface area contributed by atoms with E-state index in [2.05, 4.69) is 4.98 Å². The molecule has 0 N–H and O–H groups in total. The number of hydrogen-bond donors (Lipinski definition) is 0. The van der Waals surface area contributed by atoms with Crippen LogP contribution in [0, 0.1) is 12.3 Å². The number of esters is 1. The van der Waals surface area contributed by atoms with E-state index < -0.39 is 5.41 Å². The second kappa shape index (κ2) is 8.95. The Morgan fingerprint density at radius 1 is 1.07 bits per heavy atom. The third-order valence-corrected chi connectivity index (χ3v) is 4.83. The summed E-state index contributed by atoms with van der Waals surface area (Å²) in [6, 6.07) is 17.7. The van der Waals surface area contributed by atoms with Gasteiger partial charge in [-0.3, -0.25) is 4.79 Å². The van der Waals surface area contributed by atoms with E-state index in [1.54, 1.807) is 0 Å². The van der Waals surface area contributed by atoms with Crippen molar-refractivity contribution in [1.29, 1.82) is 0 Å². The second-order valence-corrected chi connectivity index (χ2v) is 7.68. The van der Waals surface area contributed by atoms with Crippen LogP contribution in [0.1, 0.15) is 30.9 Å². The zero-order chi connectivity index (χ0) is 20.9. The highest BCUT2D eigenvalue weighted by molar-refractivity contribution is 5.76. The topological polar surface area (TPSA) is 61.6 Å². The van der Waals surface area contributed by atoms with Gasteiger partial charge in [-0.1, -0.05) is 30.3 Å². The maximum Gasteiger partial charge on any atom is 0.311 e. The van der Waals surface area contributed by atoms with E-state index in [-0.39, 0.29) is 5.97 Å². The SMILES string of the molecule is COC(=O)C(C)(C)Cc1ccc(OCCc2nc(-c3ccccc3)oc2C)cc1. The molecule has 0 bridgehead atoms. The number of aryl methyl sites for hydroxylation is 1. The lowest BCUT2D eigenvalue weighted by molar-refractivity contribution is -0.150. The molecule has 0 atom stereocenters. The highest BCUT2D eigenvalue weighted by Gasteiger charge is 2.28. The highest BCUT2D eigenvalue weighted by Crippen LogP contribution is 2.25. The molecule has 0 saturated carbocycles. The number of oxazole rings is 1. The molecule has 0 fully saturated rings. The lowest BCUT2D eigenvalue weighted by Gasteiger charge is -2.21. The van der Waals surface area contributed by atoms with Crippen molar-refractivity contribution in [2.75, 3.05) is 13.7 Å². The normalized spacial score (nSPS) is 11.3. The molecular weight excluding hydrogens is 366 g/mol. The Morgan fingerprint density at radius 2 is 1.76 bits per heavy atom. The van der Waals surface area contributed by atoms with Crippen molar-refractivity contribution in [3.63, 3.8) is 0 Å². The fraction of sp³-hybridized carbons (Fsp3) is 0.333. The number of nitrogens with zero attached hydrogens (tertiary/aromatic N) is 1. The van der Waals surface area contributed by atoms with E-state index in [4.69, 9.17) is 13.9 Å². The van der Waals surface area contributed by atoms with Crippen LogP contribution < -0.4 is 4.74 Å². The summed E-state index contributed by atoms with van der Waals surface area (Å²) in [5.74, 6) is 2.02. The van der Waals surface area contributed by atoms with Gasteiger partial charge in [0.25, 0.3) is 0 Å². The highest BCUT2D eigenvalue weighted by atomic mass is 16.5. The van der Waals surface area contributed by atoms with Crippen molar-refractivity contribution in [2.24, 2.45) is 5.41 Å². The molecule has 1 aromatic heterocycles. The van der Waals surface area contributed by atoms with E-state index in [1.807, 2.05) is 75.4 Å². The molecule has 0 aliphatic carbocycles. The Labute approximate surface area is 171 Å². The number of hydrogen-bond acceptors (Lipinski definition) is 5. The summed E-state index contributed by atoms with van der Waals surface area (Å²) < 4.78 is 16.5. The minimum Gasteiger partial charge on any atom is -0.493 e. The largest absolute Gasteiger partial charge is 0.493 e. The molecule has 0 aliphatic rings. The fourth-order valence-corrected chi connectivity index (χ4v) is 3.19. The number of rotatable bonds is 8. The van der Waals surface area contributed by atoms with Gasteiger partial charge in [0.1, 0.15) is 11.5 Å². The summed E-state index contributed by atoms with van der Waals surface area (Å²) >= 11 is 0. The molecule has 152 valence electrons. The summed E-state index contributed by atoms with van der Waals surface area (Å²) in [5, 5.41) is 0. The van der Waals surface area contributed by atoms with Crippen molar-refractivity contribution < 1.29 is 18.7 Å². The Hall–Kier alpha value is -3.08. The molecule has 0 unspecified atom stereocenters. The first-order valence-corrected chi connectivity index (χ1v) is 9.71. The van der Waals surface area contributed by atoms with Crippen LogP contribution in [-0.4, -0.2) is 24.7 Å². The molecule has 3 aromatic rings. The van der Waals surface area contributed by atoms with Crippen molar-refractivity contribution in [3.8, 4) is 17.2 Å². The molecule has 0 saturated heterocycles. The molecule has 5 heteroatoms. The fourth-order valence-electron chi connectivity index (χ4n) is 3.19.